The molecule has 5 nitrogen and oxygen atoms in total. The van der Waals surface area contributed by atoms with E-state index in [1.54, 1.807) is 23.5 Å². The van der Waals surface area contributed by atoms with Gasteiger partial charge < -0.3 is 9.80 Å². The van der Waals surface area contributed by atoms with Gasteiger partial charge in [0.2, 0.25) is 11.8 Å². The van der Waals surface area contributed by atoms with Crippen molar-refractivity contribution in [1.82, 2.24) is 14.7 Å². The summed E-state index contributed by atoms with van der Waals surface area (Å²) < 4.78 is 14.0. The summed E-state index contributed by atoms with van der Waals surface area (Å²) in [6, 6.07) is 8.71. The molecular formula is C25H32FN3O2S. The molecule has 0 saturated carbocycles. The highest BCUT2D eigenvalue weighted by atomic mass is 32.1. The molecule has 0 radical (unpaired) electrons. The van der Waals surface area contributed by atoms with Crippen molar-refractivity contribution in [2.75, 3.05) is 39.3 Å². The molecule has 0 spiro atoms. The molecule has 1 unspecified atom stereocenters. The van der Waals surface area contributed by atoms with Gasteiger partial charge in [0.05, 0.1) is 12.6 Å². The number of amides is 2. The SMILES string of the molecule is CC(C)(C)C(=O)N1CCCN(C(=O)CN2CCc3sccc3C2c2cccc(F)c2)CC1. The van der Waals surface area contributed by atoms with Crippen molar-refractivity contribution in [1.29, 1.82) is 0 Å². The molecule has 2 aromatic rings. The van der Waals surface area contributed by atoms with Crippen molar-refractivity contribution >= 4 is 23.2 Å². The van der Waals surface area contributed by atoms with Crippen molar-refractivity contribution in [3.8, 4) is 0 Å². The van der Waals surface area contributed by atoms with Crippen LogP contribution >= 0.6 is 11.3 Å². The standard InChI is InChI=1S/C25H32FN3O2S/c1-25(2,3)24(31)28-11-5-10-27(13-14-28)22(30)17-29-12-8-21-20(9-15-32-21)23(29)18-6-4-7-19(26)16-18/h4,6-7,9,15-16,23H,5,8,10-14,17H2,1-3H3. The predicted molar refractivity (Wildman–Crippen MR) is 125 cm³/mol. The molecule has 4 rings (SSSR count). The maximum Gasteiger partial charge on any atom is 0.236 e. The minimum atomic E-state index is -0.413. The van der Waals surface area contributed by atoms with Crippen LogP contribution in [0, 0.1) is 11.2 Å². The van der Waals surface area contributed by atoms with Crippen LogP contribution in [-0.2, 0) is 16.0 Å². The zero-order chi connectivity index (χ0) is 22.9. The van der Waals surface area contributed by atoms with Crippen LogP contribution in [0.2, 0.25) is 0 Å². The molecule has 2 aliphatic rings. The largest absolute Gasteiger partial charge is 0.340 e. The summed E-state index contributed by atoms with van der Waals surface area (Å²) in [6.45, 7) is 9.35. The minimum Gasteiger partial charge on any atom is -0.340 e. The van der Waals surface area contributed by atoms with Crippen LogP contribution in [0.15, 0.2) is 35.7 Å². The van der Waals surface area contributed by atoms with E-state index in [2.05, 4.69) is 16.3 Å². The van der Waals surface area contributed by atoms with Crippen LogP contribution in [0.1, 0.15) is 49.2 Å². The predicted octanol–water partition coefficient (Wildman–Crippen LogP) is 3.94. The van der Waals surface area contributed by atoms with Gasteiger partial charge in [0.1, 0.15) is 5.82 Å². The number of nitrogens with zero attached hydrogens (tertiary/aromatic N) is 3. The normalized spacial score (nSPS) is 20.1. The Morgan fingerprint density at radius 3 is 2.56 bits per heavy atom. The molecule has 2 amide bonds. The summed E-state index contributed by atoms with van der Waals surface area (Å²) >= 11 is 1.73. The van der Waals surface area contributed by atoms with Gasteiger partial charge in [-0.2, -0.15) is 0 Å². The number of hydrogen-bond donors (Lipinski definition) is 0. The maximum atomic E-state index is 14.0. The fourth-order valence-electron chi connectivity index (χ4n) is 4.72. The Balaban J connectivity index is 1.48. The smallest absolute Gasteiger partial charge is 0.236 e. The lowest BCUT2D eigenvalue weighted by Crippen LogP contribution is -2.46. The average Bonchev–Trinajstić information content (AvgIpc) is 3.08. The summed E-state index contributed by atoms with van der Waals surface area (Å²) in [6.07, 6.45) is 1.69. The van der Waals surface area contributed by atoms with Gasteiger partial charge in [-0.05, 0) is 47.5 Å². The van der Waals surface area contributed by atoms with E-state index < -0.39 is 5.41 Å². The molecule has 7 heteroatoms. The Kier molecular flexibility index (Phi) is 6.67. The average molecular weight is 458 g/mol. The van der Waals surface area contributed by atoms with Gasteiger partial charge in [0.25, 0.3) is 0 Å². The Labute approximate surface area is 193 Å². The molecule has 1 fully saturated rings. The fourth-order valence-corrected chi connectivity index (χ4v) is 5.63. The molecule has 1 aromatic carbocycles. The zero-order valence-electron chi connectivity index (χ0n) is 19.1. The molecule has 32 heavy (non-hydrogen) atoms. The van der Waals surface area contributed by atoms with Gasteiger partial charge in [-0.25, -0.2) is 4.39 Å². The van der Waals surface area contributed by atoms with Crippen molar-refractivity contribution in [3.63, 3.8) is 0 Å². The monoisotopic (exact) mass is 457 g/mol. The van der Waals surface area contributed by atoms with Crippen LogP contribution in [0.3, 0.4) is 0 Å². The second kappa shape index (κ2) is 9.32. The minimum absolute atomic E-state index is 0.0788. The first-order valence-corrected chi connectivity index (χ1v) is 12.2. The van der Waals surface area contributed by atoms with Crippen LogP contribution < -0.4 is 0 Å². The Hall–Kier alpha value is -2.25. The second-order valence-corrected chi connectivity index (χ2v) is 10.8. The van der Waals surface area contributed by atoms with Gasteiger partial charge in [0, 0.05) is 43.0 Å². The number of benzene rings is 1. The van der Waals surface area contributed by atoms with Crippen molar-refractivity contribution in [2.45, 2.75) is 39.7 Å². The van der Waals surface area contributed by atoms with Gasteiger partial charge in [0.15, 0.2) is 0 Å². The third-order valence-electron chi connectivity index (χ3n) is 6.35. The molecule has 0 aliphatic carbocycles. The van der Waals surface area contributed by atoms with Crippen molar-refractivity contribution in [3.05, 3.63) is 57.5 Å². The first-order chi connectivity index (χ1) is 15.2. The highest BCUT2D eigenvalue weighted by Crippen LogP contribution is 2.37. The first kappa shape index (κ1) is 22.9. The molecule has 3 heterocycles. The number of carbonyl (C=O) groups is 2. The summed E-state index contributed by atoms with van der Waals surface area (Å²) in [7, 11) is 0. The number of halogens is 1. The van der Waals surface area contributed by atoms with E-state index >= 15 is 0 Å². The Morgan fingerprint density at radius 2 is 1.81 bits per heavy atom. The third kappa shape index (κ3) is 4.89. The summed E-state index contributed by atoms with van der Waals surface area (Å²) in [5.41, 5.74) is 1.65. The van der Waals surface area contributed by atoms with Crippen LogP contribution in [-0.4, -0.2) is 65.8 Å². The van der Waals surface area contributed by atoms with Crippen molar-refractivity contribution in [2.24, 2.45) is 5.41 Å². The number of carbonyl (C=O) groups excluding carboxylic acids is 2. The second-order valence-electron chi connectivity index (χ2n) is 9.75. The topological polar surface area (TPSA) is 43.9 Å². The number of thiophene rings is 1. The number of hydrogen-bond acceptors (Lipinski definition) is 4. The maximum absolute atomic E-state index is 14.0. The lowest BCUT2D eigenvalue weighted by Gasteiger charge is -2.37. The van der Waals surface area contributed by atoms with Crippen LogP contribution in [0.25, 0.3) is 0 Å². The van der Waals surface area contributed by atoms with Gasteiger partial charge in [-0.15, -0.1) is 11.3 Å². The molecule has 1 atom stereocenters. The lowest BCUT2D eigenvalue weighted by molar-refractivity contribution is -0.140. The van der Waals surface area contributed by atoms with E-state index in [9.17, 15) is 14.0 Å². The lowest BCUT2D eigenvalue weighted by atomic mass is 9.93. The van der Waals surface area contributed by atoms with Gasteiger partial charge >= 0.3 is 0 Å². The summed E-state index contributed by atoms with van der Waals surface area (Å²) in [5.74, 6) is -0.0404. The molecule has 172 valence electrons. The Bertz CT molecular complexity index is 984. The summed E-state index contributed by atoms with van der Waals surface area (Å²) in [5, 5.41) is 2.08. The quantitative estimate of drug-likeness (QED) is 0.701. The van der Waals surface area contributed by atoms with E-state index in [1.807, 2.05) is 36.6 Å². The molecular weight excluding hydrogens is 425 g/mol. The Morgan fingerprint density at radius 1 is 1.06 bits per heavy atom. The van der Waals surface area contributed by atoms with Crippen LogP contribution in [0.4, 0.5) is 4.39 Å². The van der Waals surface area contributed by atoms with E-state index in [0.717, 1.165) is 24.9 Å². The highest BCUT2D eigenvalue weighted by Gasteiger charge is 2.33. The molecule has 0 N–H and O–H groups in total. The van der Waals surface area contributed by atoms with E-state index in [-0.39, 0.29) is 23.7 Å². The number of fused-ring (bicyclic) bond motifs is 1. The summed E-state index contributed by atoms with van der Waals surface area (Å²) in [4.78, 5) is 33.2. The molecule has 0 bridgehead atoms. The number of rotatable bonds is 3. The molecule has 2 aliphatic heterocycles. The van der Waals surface area contributed by atoms with E-state index in [4.69, 9.17) is 0 Å². The van der Waals surface area contributed by atoms with Gasteiger partial charge in [-0.1, -0.05) is 32.9 Å². The molecule has 1 saturated heterocycles. The van der Waals surface area contributed by atoms with Crippen LogP contribution in [0.5, 0.6) is 0 Å². The highest BCUT2D eigenvalue weighted by molar-refractivity contribution is 7.10. The van der Waals surface area contributed by atoms with E-state index in [0.29, 0.717) is 32.7 Å². The fraction of sp³-hybridized carbons (Fsp3) is 0.520. The zero-order valence-corrected chi connectivity index (χ0v) is 20.0. The van der Waals surface area contributed by atoms with E-state index in [1.165, 1.54) is 16.5 Å². The van der Waals surface area contributed by atoms with Gasteiger partial charge in [-0.3, -0.25) is 14.5 Å². The van der Waals surface area contributed by atoms with Crippen molar-refractivity contribution < 1.29 is 14.0 Å². The third-order valence-corrected chi connectivity index (χ3v) is 7.34. The molecule has 1 aromatic heterocycles. The first-order valence-electron chi connectivity index (χ1n) is 11.4.